The van der Waals surface area contributed by atoms with Gasteiger partial charge in [-0.1, -0.05) is 31.2 Å². The maximum absolute atomic E-state index is 13.5. The second kappa shape index (κ2) is 5.97. The minimum Gasteiger partial charge on any atom is -0.305 e. The molecule has 0 amide bonds. The molecule has 4 heteroatoms. The number of hydrogen-bond acceptors (Lipinski definition) is 3. The molecule has 3 rings (SSSR count). The van der Waals surface area contributed by atoms with Crippen LogP contribution in [0.3, 0.4) is 0 Å². The zero-order valence-electron chi connectivity index (χ0n) is 11.8. The molecule has 1 aromatic heterocycles. The average molecular weight is 281 g/mol. The Morgan fingerprint density at radius 1 is 1.10 bits per heavy atom. The molecular weight excluding hydrogens is 265 g/mol. The number of nitrogens with zero attached hydrogens (tertiary/aromatic N) is 2. The molecule has 0 aliphatic carbocycles. The molecule has 1 heterocycles. The maximum atomic E-state index is 13.5. The molecule has 0 bridgehead atoms. The van der Waals surface area contributed by atoms with E-state index in [2.05, 4.69) is 15.3 Å². The molecule has 0 aliphatic heterocycles. The van der Waals surface area contributed by atoms with Gasteiger partial charge in [-0.25, -0.2) is 9.37 Å². The van der Waals surface area contributed by atoms with Crippen molar-refractivity contribution in [3.63, 3.8) is 0 Å². The summed E-state index contributed by atoms with van der Waals surface area (Å²) in [4.78, 5) is 9.09. The predicted octanol–water partition coefficient (Wildman–Crippen LogP) is 3.47. The molecule has 0 spiro atoms. The Labute approximate surface area is 122 Å². The Hall–Kier alpha value is -2.33. The largest absolute Gasteiger partial charge is 0.305 e. The standard InChI is InChI=1S/C17H16FN3/c1-2-19-17(12-6-5-7-13(18)10-12)16-11-20-14-8-3-4-9-15(14)21-16/h3-11,17,19H,2H2,1H3. The van der Waals surface area contributed by atoms with Crippen LogP contribution in [-0.4, -0.2) is 16.5 Å². The summed E-state index contributed by atoms with van der Waals surface area (Å²) in [6.07, 6.45) is 1.75. The summed E-state index contributed by atoms with van der Waals surface area (Å²) >= 11 is 0. The number of halogens is 1. The van der Waals surface area contributed by atoms with Crippen molar-refractivity contribution in [1.29, 1.82) is 0 Å². The summed E-state index contributed by atoms with van der Waals surface area (Å²) in [7, 11) is 0. The van der Waals surface area contributed by atoms with Crippen LogP contribution in [0.1, 0.15) is 24.2 Å². The number of benzene rings is 2. The van der Waals surface area contributed by atoms with Crippen LogP contribution in [0.4, 0.5) is 4.39 Å². The first kappa shape index (κ1) is 13.6. The van der Waals surface area contributed by atoms with Crippen LogP contribution >= 0.6 is 0 Å². The Kier molecular flexibility index (Phi) is 3.88. The SMILES string of the molecule is CCNC(c1cccc(F)c1)c1cnc2ccccc2n1. The van der Waals surface area contributed by atoms with Crippen molar-refractivity contribution in [3.8, 4) is 0 Å². The van der Waals surface area contributed by atoms with E-state index >= 15 is 0 Å². The second-order valence-electron chi connectivity index (χ2n) is 4.83. The molecule has 0 saturated carbocycles. The van der Waals surface area contributed by atoms with Crippen molar-refractivity contribution in [3.05, 3.63) is 71.8 Å². The van der Waals surface area contributed by atoms with Crippen LogP contribution in [0.25, 0.3) is 11.0 Å². The first-order valence-corrected chi connectivity index (χ1v) is 6.98. The van der Waals surface area contributed by atoms with Gasteiger partial charge in [0.2, 0.25) is 0 Å². The van der Waals surface area contributed by atoms with E-state index in [1.54, 1.807) is 12.3 Å². The van der Waals surface area contributed by atoms with E-state index in [0.29, 0.717) is 0 Å². The van der Waals surface area contributed by atoms with Crippen LogP contribution in [0, 0.1) is 5.82 Å². The van der Waals surface area contributed by atoms with Crippen LogP contribution in [0.5, 0.6) is 0 Å². The van der Waals surface area contributed by atoms with Gasteiger partial charge >= 0.3 is 0 Å². The molecule has 3 nitrogen and oxygen atoms in total. The van der Waals surface area contributed by atoms with Gasteiger partial charge in [-0.2, -0.15) is 0 Å². The van der Waals surface area contributed by atoms with Crippen LogP contribution in [0.15, 0.2) is 54.7 Å². The van der Waals surface area contributed by atoms with E-state index in [-0.39, 0.29) is 11.9 Å². The van der Waals surface area contributed by atoms with Gasteiger partial charge in [-0.05, 0) is 36.4 Å². The van der Waals surface area contributed by atoms with Gasteiger partial charge < -0.3 is 5.32 Å². The van der Waals surface area contributed by atoms with Gasteiger partial charge in [-0.3, -0.25) is 4.98 Å². The lowest BCUT2D eigenvalue weighted by Crippen LogP contribution is -2.23. The van der Waals surface area contributed by atoms with Crippen LogP contribution in [-0.2, 0) is 0 Å². The van der Waals surface area contributed by atoms with Gasteiger partial charge in [0, 0.05) is 0 Å². The third-order valence-electron chi connectivity index (χ3n) is 3.35. The van der Waals surface area contributed by atoms with Crippen LogP contribution in [0.2, 0.25) is 0 Å². The number of aromatic nitrogens is 2. The van der Waals surface area contributed by atoms with Gasteiger partial charge in [0.15, 0.2) is 0 Å². The van der Waals surface area contributed by atoms with E-state index in [1.165, 1.54) is 12.1 Å². The van der Waals surface area contributed by atoms with Crippen molar-refractivity contribution in [1.82, 2.24) is 15.3 Å². The zero-order chi connectivity index (χ0) is 14.7. The summed E-state index contributed by atoms with van der Waals surface area (Å²) in [5.74, 6) is -0.246. The third-order valence-corrected chi connectivity index (χ3v) is 3.35. The van der Waals surface area contributed by atoms with Gasteiger partial charge in [-0.15, -0.1) is 0 Å². The van der Waals surface area contributed by atoms with Crippen molar-refractivity contribution < 1.29 is 4.39 Å². The molecule has 0 fully saturated rings. The van der Waals surface area contributed by atoms with Gasteiger partial charge in [0.05, 0.1) is 29.0 Å². The monoisotopic (exact) mass is 281 g/mol. The van der Waals surface area contributed by atoms with Gasteiger partial charge in [0.25, 0.3) is 0 Å². The number of rotatable bonds is 4. The quantitative estimate of drug-likeness (QED) is 0.795. The number of para-hydroxylation sites is 2. The fraction of sp³-hybridized carbons (Fsp3) is 0.176. The fourth-order valence-corrected chi connectivity index (χ4v) is 2.39. The smallest absolute Gasteiger partial charge is 0.123 e. The Morgan fingerprint density at radius 3 is 2.67 bits per heavy atom. The number of hydrogen-bond donors (Lipinski definition) is 1. The molecule has 2 aromatic carbocycles. The highest BCUT2D eigenvalue weighted by Crippen LogP contribution is 2.22. The summed E-state index contributed by atoms with van der Waals surface area (Å²) < 4.78 is 13.5. The molecule has 1 unspecified atom stereocenters. The summed E-state index contributed by atoms with van der Waals surface area (Å²) in [5.41, 5.74) is 3.34. The molecule has 106 valence electrons. The normalized spacial score (nSPS) is 12.5. The Bertz CT molecular complexity index is 758. The molecule has 3 aromatic rings. The van der Waals surface area contributed by atoms with E-state index in [9.17, 15) is 4.39 Å². The van der Waals surface area contributed by atoms with Crippen molar-refractivity contribution in [2.45, 2.75) is 13.0 Å². The van der Waals surface area contributed by atoms with E-state index in [0.717, 1.165) is 28.8 Å². The molecule has 0 aliphatic rings. The average Bonchev–Trinajstić information content (AvgIpc) is 2.52. The lowest BCUT2D eigenvalue weighted by molar-refractivity contribution is 0.595. The molecule has 0 saturated heterocycles. The van der Waals surface area contributed by atoms with Crippen molar-refractivity contribution in [2.75, 3.05) is 6.54 Å². The van der Waals surface area contributed by atoms with Crippen LogP contribution < -0.4 is 5.32 Å². The number of fused-ring (bicyclic) bond motifs is 1. The van der Waals surface area contributed by atoms with Gasteiger partial charge in [0.1, 0.15) is 5.82 Å². The first-order valence-electron chi connectivity index (χ1n) is 6.98. The van der Waals surface area contributed by atoms with Crippen molar-refractivity contribution >= 4 is 11.0 Å². The lowest BCUT2D eigenvalue weighted by atomic mass is 10.0. The molecule has 1 N–H and O–H groups in total. The Balaban J connectivity index is 2.06. The number of nitrogens with one attached hydrogen (secondary N) is 1. The summed E-state index contributed by atoms with van der Waals surface area (Å²) in [6.45, 7) is 2.77. The van der Waals surface area contributed by atoms with Crippen molar-refractivity contribution in [2.24, 2.45) is 0 Å². The lowest BCUT2D eigenvalue weighted by Gasteiger charge is -2.18. The highest BCUT2D eigenvalue weighted by atomic mass is 19.1. The topological polar surface area (TPSA) is 37.8 Å². The predicted molar refractivity (Wildman–Crippen MR) is 81.5 cm³/mol. The second-order valence-corrected chi connectivity index (χ2v) is 4.83. The van der Waals surface area contributed by atoms with E-state index in [4.69, 9.17) is 0 Å². The minimum absolute atomic E-state index is 0.164. The van der Waals surface area contributed by atoms with E-state index in [1.807, 2.05) is 37.3 Å². The summed E-state index contributed by atoms with van der Waals surface area (Å²) in [5, 5.41) is 3.34. The molecule has 1 atom stereocenters. The minimum atomic E-state index is -0.246. The fourth-order valence-electron chi connectivity index (χ4n) is 2.39. The third kappa shape index (κ3) is 2.90. The molecular formula is C17H16FN3. The van der Waals surface area contributed by atoms with E-state index < -0.39 is 0 Å². The molecule has 0 radical (unpaired) electrons. The highest BCUT2D eigenvalue weighted by molar-refractivity contribution is 5.73. The first-order chi connectivity index (χ1) is 10.3. The zero-order valence-corrected chi connectivity index (χ0v) is 11.8. The highest BCUT2D eigenvalue weighted by Gasteiger charge is 2.16. The Morgan fingerprint density at radius 2 is 1.90 bits per heavy atom. The molecule has 21 heavy (non-hydrogen) atoms. The maximum Gasteiger partial charge on any atom is 0.123 e. The summed E-state index contributed by atoms with van der Waals surface area (Å²) in [6, 6.07) is 14.1.